The van der Waals surface area contributed by atoms with Crippen LogP contribution in [0.2, 0.25) is 0 Å². The molecule has 3 rings (SSSR count). The second-order valence-corrected chi connectivity index (χ2v) is 5.99. The molecule has 23 heavy (non-hydrogen) atoms. The number of nitrogens with zero attached hydrogens (tertiary/aromatic N) is 2. The van der Waals surface area contributed by atoms with Gasteiger partial charge in [-0.1, -0.05) is 41.7 Å². The first-order chi connectivity index (χ1) is 11.3. The van der Waals surface area contributed by atoms with Crippen LogP contribution in [-0.4, -0.2) is 23.7 Å². The minimum atomic E-state index is -0.220. The van der Waals surface area contributed by atoms with E-state index in [1.165, 1.54) is 11.3 Å². The van der Waals surface area contributed by atoms with Crippen LogP contribution in [-0.2, 0) is 11.3 Å². The largest absolute Gasteiger partial charge is 0.380 e. The van der Waals surface area contributed by atoms with Crippen molar-refractivity contribution < 1.29 is 9.53 Å². The minimum Gasteiger partial charge on any atom is -0.380 e. The first-order valence-electron chi connectivity index (χ1n) is 7.60. The number of hydrogen-bond donors (Lipinski definition) is 0. The fourth-order valence-electron chi connectivity index (χ4n) is 2.35. The Morgan fingerprint density at radius 2 is 1.87 bits per heavy atom. The Hall–Kier alpha value is -2.24. The predicted octanol–water partition coefficient (Wildman–Crippen LogP) is 3.48. The molecule has 1 aromatic heterocycles. The summed E-state index contributed by atoms with van der Waals surface area (Å²) in [4.78, 5) is 17.4. The molecule has 0 unspecified atom stereocenters. The Labute approximate surface area is 138 Å². The van der Waals surface area contributed by atoms with E-state index in [2.05, 4.69) is 9.56 Å². The van der Waals surface area contributed by atoms with Crippen LogP contribution < -0.4 is 4.80 Å². The quantitative estimate of drug-likeness (QED) is 0.674. The Bertz CT molecular complexity index is 865. The number of carbonyl (C=O) groups is 1. The average Bonchev–Trinajstić information content (AvgIpc) is 2.93. The van der Waals surface area contributed by atoms with Crippen LogP contribution in [0.1, 0.15) is 17.3 Å². The summed E-state index contributed by atoms with van der Waals surface area (Å²) in [5.74, 6) is -0.220. The number of amides is 1. The summed E-state index contributed by atoms with van der Waals surface area (Å²) < 4.78 is 8.62. The first-order valence-corrected chi connectivity index (χ1v) is 8.41. The zero-order valence-corrected chi connectivity index (χ0v) is 13.8. The smallest absolute Gasteiger partial charge is 0.279 e. The number of fused-ring (bicyclic) bond motifs is 1. The first kappa shape index (κ1) is 15.6. The molecule has 0 fully saturated rings. The molecule has 4 nitrogen and oxygen atoms in total. The number of ether oxygens (including phenoxy) is 1. The Balaban J connectivity index is 2.03. The molecule has 118 valence electrons. The topological polar surface area (TPSA) is 43.6 Å². The van der Waals surface area contributed by atoms with E-state index in [0.29, 0.717) is 30.1 Å². The van der Waals surface area contributed by atoms with Crippen LogP contribution >= 0.6 is 11.3 Å². The monoisotopic (exact) mass is 326 g/mol. The maximum absolute atomic E-state index is 12.4. The predicted molar refractivity (Wildman–Crippen MR) is 92.6 cm³/mol. The Morgan fingerprint density at radius 1 is 1.13 bits per heavy atom. The number of carbonyl (C=O) groups excluding carboxylic acids is 1. The third kappa shape index (κ3) is 3.57. The van der Waals surface area contributed by atoms with Crippen LogP contribution in [0.4, 0.5) is 0 Å². The van der Waals surface area contributed by atoms with E-state index in [0.717, 1.165) is 10.2 Å². The van der Waals surface area contributed by atoms with Gasteiger partial charge >= 0.3 is 0 Å². The number of rotatable bonds is 5. The van der Waals surface area contributed by atoms with Crippen LogP contribution in [0.5, 0.6) is 0 Å². The lowest BCUT2D eigenvalue weighted by Gasteiger charge is -2.05. The van der Waals surface area contributed by atoms with Gasteiger partial charge < -0.3 is 9.30 Å². The van der Waals surface area contributed by atoms with E-state index < -0.39 is 0 Å². The van der Waals surface area contributed by atoms with Crippen molar-refractivity contribution in [3.63, 3.8) is 0 Å². The average molecular weight is 326 g/mol. The highest BCUT2D eigenvalue weighted by Gasteiger charge is 2.08. The summed E-state index contributed by atoms with van der Waals surface area (Å²) in [5.41, 5.74) is 1.68. The number of thiazole rings is 1. The fourth-order valence-corrected chi connectivity index (χ4v) is 3.41. The van der Waals surface area contributed by atoms with Crippen LogP contribution in [0.25, 0.3) is 10.2 Å². The normalized spacial score (nSPS) is 12.0. The molecule has 1 amide bonds. The Morgan fingerprint density at radius 3 is 2.65 bits per heavy atom. The molecule has 1 heterocycles. The van der Waals surface area contributed by atoms with Gasteiger partial charge in [-0.25, -0.2) is 0 Å². The van der Waals surface area contributed by atoms with Crippen molar-refractivity contribution in [2.75, 3.05) is 13.2 Å². The lowest BCUT2D eigenvalue weighted by atomic mass is 10.2. The van der Waals surface area contributed by atoms with Gasteiger partial charge in [-0.2, -0.15) is 4.99 Å². The van der Waals surface area contributed by atoms with Gasteiger partial charge in [0, 0.05) is 18.7 Å². The van der Waals surface area contributed by atoms with E-state index in [9.17, 15) is 4.79 Å². The summed E-state index contributed by atoms with van der Waals surface area (Å²) >= 11 is 1.52. The molecular formula is C18H18N2O2S. The van der Waals surface area contributed by atoms with Crippen molar-refractivity contribution in [1.82, 2.24) is 4.57 Å². The van der Waals surface area contributed by atoms with Crippen LogP contribution in [0.3, 0.4) is 0 Å². The van der Waals surface area contributed by atoms with Gasteiger partial charge in [-0.3, -0.25) is 4.79 Å². The van der Waals surface area contributed by atoms with Crippen molar-refractivity contribution in [3.05, 3.63) is 65.0 Å². The maximum Gasteiger partial charge on any atom is 0.279 e. The molecular weight excluding hydrogens is 308 g/mol. The summed E-state index contributed by atoms with van der Waals surface area (Å²) in [7, 11) is 0. The molecule has 2 aromatic carbocycles. The summed E-state index contributed by atoms with van der Waals surface area (Å²) in [5, 5.41) is 0. The van der Waals surface area contributed by atoms with E-state index >= 15 is 0 Å². The van der Waals surface area contributed by atoms with Crippen molar-refractivity contribution in [1.29, 1.82) is 0 Å². The lowest BCUT2D eigenvalue weighted by molar-refractivity contribution is 0.0996. The molecule has 0 bridgehead atoms. The van der Waals surface area contributed by atoms with Crippen molar-refractivity contribution in [2.45, 2.75) is 13.5 Å². The molecule has 0 aliphatic rings. The molecule has 0 spiro atoms. The molecule has 0 atom stereocenters. The number of benzene rings is 2. The van der Waals surface area contributed by atoms with E-state index in [1.54, 1.807) is 12.1 Å². The molecule has 0 aliphatic heterocycles. The highest BCUT2D eigenvalue weighted by atomic mass is 32.1. The summed E-state index contributed by atoms with van der Waals surface area (Å²) in [6.07, 6.45) is 0. The van der Waals surface area contributed by atoms with Crippen LogP contribution in [0, 0.1) is 0 Å². The molecule has 0 radical (unpaired) electrons. The SMILES string of the molecule is CCOCCn1c(=NC(=O)c2ccccc2)sc2ccccc21. The number of hydrogen-bond acceptors (Lipinski definition) is 3. The van der Waals surface area contributed by atoms with Gasteiger partial charge in [0.2, 0.25) is 0 Å². The van der Waals surface area contributed by atoms with Crippen molar-refractivity contribution in [2.24, 2.45) is 4.99 Å². The van der Waals surface area contributed by atoms with E-state index in [1.807, 2.05) is 49.4 Å². The van der Waals surface area contributed by atoms with Crippen LogP contribution in [0.15, 0.2) is 59.6 Å². The minimum absolute atomic E-state index is 0.220. The molecule has 0 N–H and O–H groups in total. The molecule has 5 heteroatoms. The number of para-hydroxylation sites is 1. The third-order valence-corrected chi connectivity index (χ3v) is 4.53. The van der Waals surface area contributed by atoms with Gasteiger partial charge in [0.05, 0.1) is 16.8 Å². The second-order valence-electron chi connectivity index (χ2n) is 4.98. The fraction of sp³-hybridized carbons (Fsp3) is 0.222. The van der Waals surface area contributed by atoms with Gasteiger partial charge in [0.25, 0.3) is 5.91 Å². The zero-order valence-electron chi connectivity index (χ0n) is 12.9. The zero-order chi connectivity index (χ0) is 16.1. The van der Waals surface area contributed by atoms with Gasteiger partial charge in [-0.05, 0) is 31.2 Å². The molecule has 0 saturated heterocycles. The highest BCUT2D eigenvalue weighted by Crippen LogP contribution is 2.16. The third-order valence-electron chi connectivity index (χ3n) is 3.47. The number of aromatic nitrogens is 1. The standard InChI is InChI=1S/C18H18N2O2S/c1-2-22-13-12-20-15-10-6-7-11-16(15)23-18(20)19-17(21)14-8-4-3-5-9-14/h3-11H,2,12-13H2,1H3. The highest BCUT2D eigenvalue weighted by molar-refractivity contribution is 7.16. The summed E-state index contributed by atoms with van der Waals surface area (Å²) in [6, 6.07) is 17.2. The van der Waals surface area contributed by atoms with Crippen molar-refractivity contribution in [3.8, 4) is 0 Å². The molecule has 0 aliphatic carbocycles. The second kappa shape index (κ2) is 7.35. The van der Waals surface area contributed by atoms with Gasteiger partial charge in [0.15, 0.2) is 4.80 Å². The maximum atomic E-state index is 12.4. The van der Waals surface area contributed by atoms with Crippen molar-refractivity contribution >= 4 is 27.5 Å². The lowest BCUT2D eigenvalue weighted by Crippen LogP contribution is -2.19. The molecule has 3 aromatic rings. The Kier molecular flexibility index (Phi) is 5.00. The summed E-state index contributed by atoms with van der Waals surface area (Å²) in [6.45, 7) is 3.93. The van der Waals surface area contributed by atoms with Gasteiger partial charge in [-0.15, -0.1) is 0 Å². The molecule has 0 saturated carbocycles. The van der Waals surface area contributed by atoms with Gasteiger partial charge in [0.1, 0.15) is 0 Å². The van der Waals surface area contributed by atoms with E-state index in [-0.39, 0.29) is 5.91 Å². The van der Waals surface area contributed by atoms with E-state index in [4.69, 9.17) is 4.74 Å².